The highest BCUT2D eigenvalue weighted by molar-refractivity contribution is 7.86. The van der Waals surface area contributed by atoms with Crippen molar-refractivity contribution in [3.8, 4) is 0 Å². The van der Waals surface area contributed by atoms with E-state index in [0.717, 1.165) is 40.1 Å². The topological polar surface area (TPSA) is 0 Å². The zero-order valence-corrected chi connectivity index (χ0v) is 13.2. The van der Waals surface area contributed by atoms with Gasteiger partial charge in [0.2, 0.25) is 0 Å². The first kappa shape index (κ1) is 13.2. The van der Waals surface area contributed by atoms with Crippen LogP contribution in [0.5, 0.6) is 0 Å². The van der Waals surface area contributed by atoms with E-state index >= 15 is 0 Å². The highest BCUT2D eigenvalue weighted by Gasteiger charge is 2.12. The molecular weight excluding hydrogens is 313 g/mol. The van der Waals surface area contributed by atoms with Crippen LogP contribution in [0.25, 0.3) is 10.8 Å². The first-order chi connectivity index (χ1) is 7.43. The van der Waals surface area contributed by atoms with Gasteiger partial charge in [-0.05, 0) is 22.9 Å². The van der Waals surface area contributed by atoms with E-state index in [1.54, 1.807) is 0 Å². The summed E-state index contributed by atoms with van der Waals surface area (Å²) in [7, 11) is 0. The van der Waals surface area contributed by atoms with Crippen LogP contribution in [0, 0.1) is 0 Å². The van der Waals surface area contributed by atoms with Crippen molar-refractivity contribution in [1.82, 2.24) is 0 Å². The molecule has 0 N–H and O–H groups in total. The van der Waals surface area contributed by atoms with Crippen molar-refractivity contribution >= 4 is 86.5 Å². The summed E-state index contributed by atoms with van der Waals surface area (Å²) < 4.78 is 0. The predicted octanol–water partition coefficient (Wildman–Crippen LogP) is 4.57. The van der Waals surface area contributed by atoms with Crippen LogP contribution in [-0.2, 0) is 0 Å². The minimum Gasteiger partial charge on any atom is -0.142 e. The van der Waals surface area contributed by atoms with Crippen molar-refractivity contribution in [3.05, 3.63) is 12.1 Å². The Kier molecular flexibility index (Phi) is 3.99. The van der Waals surface area contributed by atoms with E-state index in [9.17, 15) is 0 Å². The van der Waals surface area contributed by atoms with Gasteiger partial charge in [-0.3, -0.25) is 0 Å². The molecule has 0 aliphatic rings. The lowest BCUT2D eigenvalue weighted by atomic mass is 10.1. The molecule has 84 valence electrons. The van der Waals surface area contributed by atoms with Crippen molar-refractivity contribution in [2.75, 3.05) is 0 Å². The SMILES string of the molecule is Sc1cc2c(S)c(S)c(S)cc2c(S)c1S. The lowest BCUT2D eigenvalue weighted by Crippen LogP contribution is -1.85. The van der Waals surface area contributed by atoms with Crippen molar-refractivity contribution in [1.29, 1.82) is 0 Å². The summed E-state index contributed by atoms with van der Waals surface area (Å²) in [5, 5.41) is 1.91. The smallest absolute Gasteiger partial charge is 0.0314 e. The third-order valence-corrected chi connectivity index (χ3v) is 5.57. The van der Waals surface area contributed by atoms with E-state index in [1.807, 2.05) is 12.1 Å². The Morgan fingerprint density at radius 1 is 0.500 bits per heavy atom. The number of hydrogen-bond acceptors (Lipinski definition) is 6. The van der Waals surface area contributed by atoms with Gasteiger partial charge in [-0.2, -0.15) is 0 Å². The summed E-state index contributed by atoms with van der Waals surface area (Å²) in [6.07, 6.45) is 0. The summed E-state index contributed by atoms with van der Waals surface area (Å²) in [4.78, 5) is 4.62. The fourth-order valence-corrected chi connectivity index (χ4v) is 3.09. The van der Waals surface area contributed by atoms with E-state index in [1.165, 1.54) is 0 Å². The maximum atomic E-state index is 4.44. The van der Waals surface area contributed by atoms with Gasteiger partial charge in [0.15, 0.2) is 0 Å². The summed E-state index contributed by atoms with van der Waals surface area (Å²) in [6.45, 7) is 0. The molecule has 16 heavy (non-hydrogen) atoms. The van der Waals surface area contributed by atoms with Gasteiger partial charge in [-0.25, -0.2) is 0 Å². The largest absolute Gasteiger partial charge is 0.142 e. The molecule has 0 amide bonds. The minimum absolute atomic E-state index is 0.756. The van der Waals surface area contributed by atoms with E-state index < -0.39 is 0 Å². The number of hydrogen-bond donors (Lipinski definition) is 6. The maximum absolute atomic E-state index is 4.44. The molecule has 0 atom stereocenters. The number of rotatable bonds is 0. The Balaban J connectivity index is 3.02. The fraction of sp³-hybridized carbons (Fsp3) is 0. The molecule has 2 aromatic rings. The zero-order chi connectivity index (χ0) is 12.0. The molecule has 0 unspecified atom stereocenters. The molecule has 0 bridgehead atoms. The molecular formula is C10H8S6. The van der Waals surface area contributed by atoms with Crippen LogP contribution >= 0.6 is 75.8 Å². The average Bonchev–Trinajstić information content (AvgIpc) is 2.25. The van der Waals surface area contributed by atoms with E-state index in [-0.39, 0.29) is 0 Å². The van der Waals surface area contributed by atoms with Gasteiger partial charge in [0.1, 0.15) is 0 Å². The second-order valence-corrected chi connectivity index (χ2v) is 6.03. The molecule has 0 spiro atoms. The van der Waals surface area contributed by atoms with Crippen LogP contribution < -0.4 is 0 Å². The lowest BCUT2D eigenvalue weighted by molar-refractivity contribution is 1.12. The normalized spacial score (nSPS) is 11.1. The van der Waals surface area contributed by atoms with E-state index in [4.69, 9.17) is 0 Å². The molecule has 2 rings (SSSR count). The number of thiol groups is 6. The Hall–Kier alpha value is 0.800. The van der Waals surface area contributed by atoms with Crippen molar-refractivity contribution in [3.63, 3.8) is 0 Å². The molecule has 0 fully saturated rings. The second-order valence-electron chi connectivity index (χ2n) is 3.28. The van der Waals surface area contributed by atoms with Gasteiger partial charge >= 0.3 is 0 Å². The van der Waals surface area contributed by atoms with Crippen LogP contribution in [0.4, 0.5) is 0 Å². The van der Waals surface area contributed by atoms with Crippen LogP contribution in [0.3, 0.4) is 0 Å². The summed E-state index contributed by atoms with van der Waals surface area (Å²) in [6, 6.07) is 3.82. The van der Waals surface area contributed by atoms with Crippen LogP contribution in [0.1, 0.15) is 0 Å². The Morgan fingerprint density at radius 2 is 0.812 bits per heavy atom. The van der Waals surface area contributed by atoms with Crippen molar-refractivity contribution in [2.24, 2.45) is 0 Å². The molecule has 0 aromatic heterocycles. The minimum atomic E-state index is 0.756. The van der Waals surface area contributed by atoms with E-state index in [0.29, 0.717) is 0 Å². The Bertz CT molecular complexity index is 537. The molecule has 0 heterocycles. The first-order valence-electron chi connectivity index (χ1n) is 4.25. The molecule has 0 aliphatic carbocycles. The van der Waals surface area contributed by atoms with Gasteiger partial charge in [0, 0.05) is 29.4 Å². The molecule has 0 saturated carbocycles. The van der Waals surface area contributed by atoms with Crippen LogP contribution in [-0.4, -0.2) is 0 Å². The van der Waals surface area contributed by atoms with Gasteiger partial charge in [-0.15, -0.1) is 75.8 Å². The Labute approximate surface area is 127 Å². The molecule has 6 heteroatoms. The van der Waals surface area contributed by atoms with Crippen molar-refractivity contribution in [2.45, 2.75) is 29.4 Å². The first-order valence-corrected chi connectivity index (χ1v) is 6.93. The number of fused-ring (bicyclic) bond motifs is 1. The monoisotopic (exact) mass is 320 g/mol. The maximum Gasteiger partial charge on any atom is 0.0314 e. The summed E-state index contributed by atoms with van der Waals surface area (Å²) >= 11 is 26.3. The number of benzene rings is 2. The van der Waals surface area contributed by atoms with Gasteiger partial charge in [0.25, 0.3) is 0 Å². The average molecular weight is 321 g/mol. The Morgan fingerprint density at radius 3 is 1.12 bits per heavy atom. The second kappa shape index (κ2) is 4.82. The van der Waals surface area contributed by atoms with Gasteiger partial charge < -0.3 is 0 Å². The predicted molar refractivity (Wildman–Crippen MR) is 87.5 cm³/mol. The highest BCUT2D eigenvalue weighted by atomic mass is 32.1. The van der Waals surface area contributed by atoms with Crippen LogP contribution in [0.15, 0.2) is 41.5 Å². The van der Waals surface area contributed by atoms with E-state index in [2.05, 4.69) is 75.8 Å². The van der Waals surface area contributed by atoms with Crippen molar-refractivity contribution < 1.29 is 0 Å². The zero-order valence-electron chi connectivity index (χ0n) is 7.84. The highest BCUT2D eigenvalue weighted by Crippen LogP contribution is 2.40. The molecule has 0 aliphatic heterocycles. The quantitative estimate of drug-likeness (QED) is 0.376. The molecule has 0 nitrogen and oxygen atoms in total. The summed E-state index contributed by atoms with van der Waals surface area (Å²) in [5.74, 6) is 0. The fourth-order valence-electron chi connectivity index (χ4n) is 1.46. The van der Waals surface area contributed by atoms with Gasteiger partial charge in [-0.1, -0.05) is 0 Å². The molecule has 0 radical (unpaired) electrons. The van der Waals surface area contributed by atoms with Gasteiger partial charge in [0.05, 0.1) is 0 Å². The standard InChI is InChI=1S/C10H8S6/c11-5-1-3-4(8(14)9(5)15)2-6(12)10(16)7(3)13/h1-2,11-16H. The summed E-state index contributed by atoms with van der Waals surface area (Å²) in [5.41, 5.74) is 0. The third kappa shape index (κ3) is 2.08. The lowest BCUT2D eigenvalue weighted by Gasteiger charge is -2.12. The molecule has 2 aromatic carbocycles. The molecule has 0 saturated heterocycles. The van der Waals surface area contributed by atoms with Crippen LogP contribution in [0.2, 0.25) is 0 Å². The third-order valence-electron chi connectivity index (χ3n) is 2.30.